The number of benzene rings is 2. The Morgan fingerprint density at radius 1 is 1.04 bits per heavy atom. The minimum absolute atomic E-state index is 0.107. The summed E-state index contributed by atoms with van der Waals surface area (Å²) in [5.74, 6) is 1.44. The molecule has 2 aromatic carbocycles. The van der Waals surface area contributed by atoms with Crippen molar-refractivity contribution in [1.29, 1.82) is 0 Å². The number of ether oxygens (including phenoxy) is 1. The SMILES string of the molecule is COc1ccc(Cl)cc1-c1nc(N)nc(Nc2ccccc2)n1. The van der Waals surface area contributed by atoms with Crippen molar-refractivity contribution >= 4 is 29.2 Å². The first-order valence-corrected chi connectivity index (χ1v) is 7.21. The van der Waals surface area contributed by atoms with Crippen LogP contribution in [0, 0.1) is 0 Å². The van der Waals surface area contributed by atoms with E-state index in [0.29, 0.717) is 28.1 Å². The molecule has 0 atom stereocenters. The third kappa shape index (κ3) is 3.49. The van der Waals surface area contributed by atoms with Crippen molar-refractivity contribution in [1.82, 2.24) is 15.0 Å². The Balaban J connectivity index is 2.03. The summed E-state index contributed by atoms with van der Waals surface area (Å²) in [6, 6.07) is 14.8. The van der Waals surface area contributed by atoms with Crippen molar-refractivity contribution in [2.24, 2.45) is 0 Å². The zero-order chi connectivity index (χ0) is 16.2. The number of anilines is 3. The number of halogens is 1. The van der Waals surface area contributed by atoms with E-state index in [9.17, 15) is 0 Å². The number of nitrogens with zero attached hydrogens (tertiary/aromatic N) is 3. The molecule has 0 aliphatic heterocycles. The zero-order valence-corrected chi connectivity index (χ0v) is 13.1. The standard InChI is InChI=1S/C16H14ClN5O/c1-23-13-8-7-10(17)9-12(13)14-20-15(18)22-16(21-14)19-11-5-3-2-4-6-11/h2-9H,1H3,(H3,18,19,20,21,22). The van der Waals surface area contributed by atoms with E-state index in [4.69, 9.17) is 22.1 Å². The fourth-order valence-electron chi connectivity index (χ4n) is 2.07. The summed E-state index contributed by atoms with van der Waals surface area (Å²) in [4.78, 5) is 12.7. The third-order valence-electron chi connectivity index (χ3n) is 3.09. The number of nitrogens with one attached hydrogen (secondary N) is 1. The van der Waals surface area contributed by atoms with Crippen LogP contribution in [0.25, 0.3) is 11.4 Å². The van der Waals surface area contributed by atoms with E-state index >= 15 is 0 Å². The molecule has 1 aromatic heterocycles. The number of hydrogen-bond donors (Lipinski definition) is 2. The lowest BCUT2D eigenvalue weighted by atomic mass is 10.2. The van der Waals surface area contributed by atoms with Gasteiger partial charge in [0.15, 0.2) is 5.82 Å². The molecule has 23 heavy (non-hydrogen) atoms. The summed E-state index contributed by atoms with van der Waals surface area (Å²) < 4.78 is 5.33. The van der Waals surface area contributed by atoms with E-state index < -0.39 is 0 Å². The summed E-state index contributed by atoms with van der Waals surface area (Å²) in [6.07, 6.45) is 0. The number of nitrogens with two attached hydrogens (primary N) is 1. The van der Waals surface area contributed by atoms with Crippen LogP contribution in [0.4, 0.5) is 17.6 Å². The van der Waals surface area contributed by atoms with Crippen LogP contribution in [-0.4, -0.2) is 22.1 Å². The van der Waals surface area contributed by atoms with Crippen molar-refractivity contribution in [3.05, 3.63) is 53.6 Å². The molecule has 0 fully saturated rings. The molecule has 0 aliphatic rings. The maximum Gasteiger partial charge on any atom is 0.232 e. The maximum absolute atomic E-state index is 6.06. The highest BCUT2D eigenvalue weighted by Crippen LogP contribution is 2.31. The Morgan fingerprint density at radius 3 is 2.57 bits per heavy atom. The highest BCUT2D eigenvalue weighted by Gasteiger charge is 2.12. The number of aromatic nitrogens is 3. The van der Waals surface area contributed by atoms with Gasteiger partial charge in [0.05, 0.1) is 12.7 Å². The number of hydrogen-bond acceptors (Lipinski definition) is 6. The van der Waals surface area contributed by atoms with Crippen LogP contribution < -0.4 is 15.8 Å². The van der Waals surface area contributed by atoms with Crippen molar-refractivity contribution in [3.63, 3.8) is 0 Å². The molecule has 1 heterocycles. The van der Waals surface area contributed by atoms with Gasteiger partial charge in [0, 0.05) is 10.7 Å². The summed E-state index contributed by atoms with van der Waals surface area (Å²) in [5, 5.41) is 3.64. The van der Waals surface area contributed by atoms with Gasteiger partial charge in [-0.2, -0.15) is 15.0 Å². The normalized spacial score (nSPS) is 10.3. The van der Waals surface area contributed by atoms with Crippen LogP contribution in [-0.2, 0) is 0 Å². The van der Waals surface area contributed by atoms with Gasteiger partial charge in [-0.15, -0.1) is 0 Å². The average Bonchev–Trinajstić information content (AvgIpc) is 2.55. The number of para-hydroxylation sites is 1. The minimum Gasteiger partial charge on any atom is -0.496 e. The molecule has 6 nitrogen and oxygen atoms in total. The predicted octanol–water partition coefficient (Wildman–Crippen LogP) is 3.53. The monoisotopic (exact) mass is 327 g/mol. The van der Waals surface area contributed by atoms with E-state index in [0.717, 1.165) is 5.69 Å². The molecule has 0 saturated heterocycles. The highest BCUT2D eigenvalue weighted by molar-refractivity contribution is 6.30. The van der Waals surface area contributed by atoms with E-state index in [1.54, 1.807) is 25.3 Å². The molecule has 3 rings (SSSR count). The van der Waals surface area contributed by atoms with E-state index in [2.05, 4.69) is 20.3 Å². The second-order valence-corrected chi connectivity index (χ2v) is 5.11. The maximum atomic E-state index is 6.06. The fraction of sp³-hybridized carbons (Fsp3) is 0.0625. The first-order chi connectivity index (χ1) is 11.2. The Labute approximate surface area is 138 Å². The van der Waals surface area contributed by atoms with Crippen LogP contribution in [0.15, 0.2) is 48.5 Å². The Hall–Kier alpha value is -2.86. The van der Waals surface area contributed by atoms with Gasteiger partial charge in [-0.05, 0) is 30.3 Å². The second-order valence-electron chi connectivity index (χ2n) is 4.68. The van der Waals surface area contributed by atoms with Crippen molar-refractivity contribution < 1.29 is 4.74 Å². The topological polar surface area (TPSA) is 86.0 Å². The number of rotatable bonds is 4. The quantitative estimate of drug-likeness (QED) is 0.762. The first kappa shape index (κ1) is 15.1. The summed E-state index contributed by atoms with van der Waals surface area (Å²) in [6.45, 7) is 0. The molecule has 0 aliphatic carbocycles. The van der Waals surface area contributed by atoms with Crippen molar-refractivity contribution in [2.75, 3.05) is 18.2 Å². The van der Waals surface area contributed by atoms with Crippen molar-refractivity contribution in [2.45, 2.75) is 0 Å². The van der Waals surface area contributed by atoms with Gasteiger partial charge in [-0.3, -0.25) is 0 Å². The lowest BCUT2D eigenvalue weighted by Gasteiger charge is -2.10. The average molecular weight is 328 g/mol. The Morgan fingerprint density at radius 2 is 1.83 bits per heavy atom. The molecule has 0 amide bonds. The smallest absolute Gasteiger partial charge is 0.232 e. The van der Waals surface area contributed by atoms with Gasteiger partial charge in [0.2, 0.25) is 11.9 Å². The number of nitrogen functional groups attached to an aromatic ring is 1. The molecule has 0 spiro atoms. The van der Waals surface area contributed by atoms with Crippen molar-refractivity contribution in [3.8, 4) is 17.1 Å². The van der Waals surface area contributed by atoms with Crippen LogP contribution in [0.5, 0.6) is 5.75 Å². The van der Waals surface area contributed by atoms with Gasteiger partial charge in [-0.1, -0.05) is 29.8 Å². The molecule has 3 N–H and O–H groups in total. The molecule has 0 unspecified atom stereocenters. The van der Waals surface area contributed by atoms with Crippen LogP contribution in [0.3, 0.4) is 0 Å². The molecule has 0 saturated carbocycles. The minimum atomic E-state index is 0.107. The van der Waals surface area contributed by atoms with Gasteiger partial charge in [0.1, 0.15) is 5.75 Å². The molecule has 0 radical (unpaired) electrons. The predicted molar refractivity (Wildman–Crippen MR) is 91.0 cm³/mol. The molecule has 0 bridgehead atoms. The largest absolute Gasteiger partial charge is 0.496 e. The lowest BCUT2D eigenvalue weighted by Crippen LogP contribution is -2.05. The van der Waals surface area contributed by atoms with Crippen LogP contribution in [0.1, 0.15) is 0 Å². The van der Waals surface area contributed by atoms with E-state index in [-0.39, 0.29) is 5.95 Å². The third-order valence-corrected chi connectivity index (χ3v) is 3.32. The van der Waals surface area contributed by atoms with Gasteiger partial charge in [-0.25, -0.2) is 0 Å². The highest BCUT2D eigenvalue weighted by atomic mass is 35.5. The molecular formula is C16H14ClN5O. The second kappa shape index (κ2) is 6.50. The zero-order valence-electron chi connectivity index (χ0n) is 12.3. The molecule has 3 aromatic rings. The molecular weight excluding hydrogens is 314 g/mol. The van der Waals surface area contributed by atoms with Crippen LogP contribution in [0.2, 0.25) is 5.02 Å². The van der Waals surface area contributed by atoms with Crippen LogP contribution >= 0.6 is 11.6 Å². The summed E-state index contributed by atoms with van der Waals surface area (Å²) in [5.41, 5.74) is 7.30. The summed E-state index contributed by atoms with van der Waals surface area (Å²) in [7, 11) is 1.57. The number of methoxy groups -OCH3 is 1. The molecule has 7 heteroatoms. The van der Waals surface area contributed by atoms with E-state index in [1.807, 2.05) is 30.3 Å². The summed E-state index contributed by atoms with van der Waals surface area (Å²) >= 11 is 6.06. The van der Waals surface area contributed by atoms with Gasteiger partial charge >= 0.3 is 0 Å². The first-order valence-electron chi connectivity index (χ1n) is 6.83. The lowest BCUT2D eigenvalue weighted by molar-refractivity contribution is 0.416. The van der Waals surface area contributed by atoms with E-state index in [1.165, 1.54) is 0 Å². The molecule has 116 valence electrons. The Bertz CT molecular complexity index is 826. The fourth-order valence-corrected chi connectivity index (χ4v) is 2.25. The van der Waals surface area contributed by atoms with Gasteiger partial charge in [0.25, 0.3) is 0 Å². The Kier molecular flexibility index (Phi) is 4.25. The van der Waals surface area contributed by atoms with Gasteiger partial charge < -0.3 is 15.8 Å².